The maximum Gasteiger partial charge on any atom is 0.413 e. The van der Waals surface area contributed by atoms with Crippen LogP contribution in [0.25, 0.3) is 0 Å². The van der Waals surface area contributed by atoms with Gasteiger partial charge in [0.05, 0.1) is 0 Å². The lowest BCUT2D eigenvalue weighted by atomic mass is 9.97. The maximum atomic E-state index is 12.0. The van der Waals surface area contributed by atoms with Crippen LogP contribution in [0.1, 0.15) is 66.2 Å². The van der Waals surface area contributed by atoms with Crippen molar-refractivity contribution < 1.29 is 28.7 Å². The predicted molar refractivity (Wildman–Crippen MR) is 121 cm³/mol. The average molecular weight is 465 g/mol. The second-order valence-corrected chi connectivity index (χ2v) is 9.56. The van der Waals surface area contributed by atoms with E-state index >= 15 is 0 Å². The fraction of sp³-hybridized carbons (Fsp3) is 0.800. The molecule has 4 amide bonds. The first-order chi connectivity index (χ1) is 14.3. The molecule has 0 fully saturated rings. The Bertz CT molecular complexity index is 527. The van der Waals surface area contributed by atoms with Crippen molar-refractivity contribution >= 4 is 45.6 Å². The van der Waals surface area contributed by atoms with Gasteiger partial charge in [0.1, 0.15) is 13.2 Å². The van der Waals surface area contributed by atoms with Gasteiger partial charge in [0.25, 0.3) is 0 Å². The summed E-state index contributed by atoms with van der Waals surface area (Å²) in [7, 11) is 2.92. The van der Waals surface area contributed by atoms with Crippen molar-refractivity contribution in [3.63, 3.8) is 0 Å². The van der Waals surface area contributed by atoms with E-state index in [-0.39, 0.29) is 36.9 Å². The summed E-state index contributed by atoms with van der Waals surface area (Å²) in [6.45, 7) is 8.11. The Hall–Kier alpha value is -1.42. The summed E-state index contributed by atoms with van der Waals surface area (Å²) in [5.41, 5.74) is 0. The van der Waals surface area contributed by atoms with Crippen LogP contribution < -0.4 is 10.6 Å². The monoisotopic (exact) mass is 464 g/mol. The van der Waals surface area contributed by atoms with Gasteiger partial charge in [-0.1, -0.05) is 68.5 Å². The second kappa shape index (κ2) is 18.4. The number of alkyl carbamates (subject to hydrolysis) is 2. The molecule has 0 spiro atoms. The molecule has 0 aromatic rings. The van der Waals surface area contributed by atoms with Crippen molar-refractivity contribution in [2.45, 2.75) is 66.2 Å². The topological polar surface area (TPSA) is 111 Å². The van der Waals surface area contributed by atoms with E-state index in [9.17, 15) is 19.2 Å². The zero-order valence-electron chi connectivity index (χ0n) is 18.5. The molecule has 174 valence electrons. The molecule has 0 aromatic carbocycles. The fourth-order valence-electron chi connectivity index (χ4n) is 2.62. The van der Waals surface area contributed by atoms with E-state index in [1.54, 1.807) is 6.92 Å². The molecule has 0 aliphatic rings. The van der Waals surface area contributed by atoms with Crippen LogP contribution in [0.2, 0.25) is 0 Å². The summed E-state index contributed by atoms with van der Waals surface area (Å²) in [5.74, 6) is 0.108. The van der Waals surface area contributed by atoms with E-state index < -0.39 is 12.2 Å². The van der Waals surface area contributed by atoms with Gasteiger partial charge in [-0.25, -0.2) is 9.59 Å². The second-order valence-electron chi connectivity index (χ2n) is 6.86. The van der Waals surface area contributed by atoms with Crippen molar-refractivity contribution in [2.24, 2.45) is 11.8 Å². The lowest BCUT2D eigenvalue weighted by Crippen LogP contribution is -2.36. The summed E-state index contributed by atoms with van der Waals surface area (Å²) in [6, 6.07) is 0. The number of carbonyl (C=O) groups excluding carboxylic acids is 4. The van der Waals surface area contributed by atoms with Crippen LogP contribution in [0.5, 0.6) is 0 Å². The van der Waals surface area contributed by atoms with E-state index in [1.165, 1.54) is 21.6 Å². The van der Waals surface area contributed by atoms with E-state index in [2.05, 4.69) is 10.6 Å². The van der Waals surface area contributed by atoms with Gasteiger partial charge in [-0.2, -0.15) is 0 Å². The molecule has 10 heteroatoms. The van der Waals surface area contributed by atoms with Gasteiger partial charge >= 0.3 is 12.2 Å². The largest absolute Gasteiger partial charge is 0.448 e. The van der Waals surface area contributed by atoms with Gasteiger partial charge in [-0.05, 0) is 19.3 Å². The van der Waals surface area contributed by atoms with Gasteiger partial charge in [0.15, 0.2) is 0 Å². The number of imide groups is 2. The highest BCUT2D eigenvalue weighted by Crippen LogP contribution is 2.20. The minimum atomic E-state index is -0.734. The quantitative estimate of drug-likeness (QED) is 0.269. The Kier molecular flexibility index (Phi) is 17.5. The fourth-order valence-corrected chi connectivity index (χ4v) is 4.27. The molecule has 0 saturated heterocycles. The highest BCUT2D eigenvalue weighted by molar-refractivity contribution is 8.76. The normalized spacial score (nSPS) is 11.6. The molecule has 0 aliphatic carbocycles. The Morgan fingerprint density at radius 3 is 1.60 bits per heavy atom. The predicted octanol–water partition coefficient (Wildman–Crippen LogP) is 4.53. The molecule has 0 heterocycles. The number of rotatable bonds is 15. The van der Waals surface area contributed by atoms with Crippen LogP contribution in [0, 0.1) is 11.8 Å². The third-order valence-corrected chi connectivity index (χ3v) is 6.48. The minimum absolute atomic E-state index is 0.153. The zero-order valence-corrected chi connectivity index (χ0v) is 20.1. The van der Waals surface area contributed by atoms with Crippen molar-refractivity contribution in [1.29, 1.82) is 0 Å². The number of amides is 4. The van der Waals surface area contributed by atoms with E-state index in [1.807, 2.05) is 20.8 Å². The molecule has 0 radical (unpaired) electrons. The Morgan fingerprint density at radius 2 is 1.17 bits per heavy atom. The molecular weight excluding hydrogens is 428 g/mol. The highest BCUT2D eigenvalue weighted by atomic mass is 33.1. The molecule has 2 N–H and O–H groups in total. The first-order valence-electron chi connectivity index (χ1n) is 10.5. The van der Waals surface area contributed by atoms with Crippen LogP contribution in [0.4, 0.5) is 9.59 Å². The van der Waals surface area contributed by atoms with Gasteiger partial charge in [0.2, 0.25) is 11.8 Å². The maximum absolute atomic E-state index is 12.0. The first kappa shape index (κ1) is 28.6. The average Bonchev–Trinajstić information content (AvgIpc) is 2.69. The molecular formula is C20H36N2O6S2. The summed E-state index contributed by atoms with van der Waals surface area (Å²) >= 11 is 0. The summed E-state index contributed by atoms with van der Waals surface area (Å²) in [6.07, 6.45) is 3.43. The van der Waals surface area contributed by atoms with Gasteiger partial charge in [0, 0.05) is 23.3 Å². The number of hydrogen-bond acceptors (Lipinski definition) is 8. The highest BCUT2D eigenvalue weighted by Gasteiger charge is 2.19. The third kappa shape index (κ3) is 14.5. The Morgan fingerprint density at radius 1 is 0.733 bits per heavy atom. The zero-order chi connectivity index (χ0) is 22.8. The van der Waals surface area contributed by atoms with E-state index in [0.717, 1.165) is 38.5 Å². The standard InChI is InChI=1S/C20H36N2O6S2/c1-5-8-15(4)17(23)21-19(25)27-11-13-29-30-14-12-28-20(26)22-18(24)16(9-6-2)10-7-3/h15-16H,5-14H2,1-4H3,(H,21,23,25)(H,22,24,26). The Balaban J connectivity index is 3.75. The van der Waals surface area contributed by atoms with Crippen LogP contribution in [0.3, 0.4) is 0 Å². The number of ether oxygens (including phenoxy) is 2. The van der Waals surface area contributed by atoms with Gasteiger partial charge in [-0.3, -0.25) is 20.2 Å². The molecule has 8 nitrogen and oxygen atoms in total. The molecule has 30 heavy (non-hydrogen) atoms. The van der Waals surface area contributed by atoms with Crippen molar-refractivity contribution in [3.05, 3.63) is 0 Å². The van der Waals surface area contributed by atoms with Crippen LogP contribution >= 0.6 is 21.6 Å². The smallest absolute Gasteiger partial charge is 0.413 e. The molecule has 0 aliphatic heterocycles. The number of hydrogen-bond donors (Lipinski definition) is 2. The van der Waals surface area contributed by atoms with Crippen molar-refractivity contribution in [3.8, 4) is 0 Å². The summed E-state index contributed by atoms with van der Waals surface area (Å²) in [4.78, 5) is 46.9. The first-order valence-corrected chi connectivity index (χ1v) is 13.0. The third-order valence-electron chi connectivity index (χ3n) is 4.15. The molecule has 0 rings (SSSR count). The van der Waals surface area contributed by atoms with Crippen LogP contribution in [0.15, 0.2) is 0 Å². The molecule has 0 bridgehead atoms. The molecule has 0 saturated carbocycles. The van der Waals surface area contributed by atoms with Gasteiger partial charge < -0.3 is 9.47 Å². The van der Waals surface area contributed by atoms with Crippen molar-refractivity contribution in [1.82, 2.24) is 10.6 Å². The SMILES string of the molecule is CCCC(C)C(=O)NC(=O)OCCSSCCOC(=O)NC(=O)C(CCC)CCC. The van der Waals surface area contributed by atoms with Gasteiger partial charge in [-0.15, -0.1) is 0 Å². The molecule has 0 aromatic heterocycles. The van der Waals surface area contributed by atoms with E-state index in [4.69, 9.17) is 9.47 Å². The molecule has 1 unspecified atom stereocenters. The molecule has 1 atom stereocenters. The Labute approximate surface area is 187 Å². The lowest BCUT2D eigenvalue weighted by Gasteiger charge is -2.14. The van der Waals surface area contributed by atoms with Crippen LogP contribution in [-0.4, -0.2) is 48.7 Å². The van der Waals surface area contributed by atoms with E-state index in [0.29, 0.717) is 11.5 Å². The number of nitrogens with one attached hydrogen (secondary N) is 2. The minimum Gasteiger partial charge on any atom is -0.448 e. The summed E-state index contributed by atoms with van der Waals surface area (Å²) in [5, 5.41) is 4.52. The van der Waals surface area contributed by atoms with Crippen LogP contribution in [-0.2, 0) is 19.1 Å². The lowest BCUT2D eigenvalue weighted by molar-refractivity contribution is -0.125. The number of carbonyl (C=O) groups is 4. The summed E-state index contributed by atoms with van der Waals surface area (Å²) < 4.78 is 9.97. The van der Waals surface area contributed by atoms with Crippen molar-refractivity contribution in [2.75, 3.05) is 24.7 Å².